The van der Waals surface area contributed by atoms with Crippen LogP contribution in [0.3, 0.4) is 0 Å². The highest BCUT2D eigenvalue weighted by molar-refractivity contribution is 6.09. The minimum atomic E-state index is -0.888. The van der Waals surface area contributed by atoms with Crippen molar-refractivity contribution in [1.82, 2.24) is 15.1 Å². The lowest BCUT2D eigenvalue weighted by molar-refractivity contribution is -0.140. The number of halogens is 1. The van der Waals surface area contributed by atoms with Crippen molar-refractivity contribution in [1.29, 1.82) is 0 Å². The number of imide groups is 1. The lowest BCUT2D eigenvalue weighted by atomic mass is 9.67. The maximum atomic E-state index is 14.5. The number of nitrogens with one attached hydrogen (secondary N) is 1. The van der Waals surface area contributed by atoms with Crippen LogP contribution in [-0.2, 0) is 9.59 Å². The molecule has 1 N–H and O–H groups in total. The van der Waals surface area contributed by atoms with Crippen molar-refractivity contribution >= 4 is 29.3 Å². The summed E-state index contributed by atoms with van der Waals surface area (Å²) in [7, 11) is 0. The van der Waals surface area contributed by atoms with Crippen molar-refractivity contribution in [2.75, 3.05) is 37.6 Å². The second kappa shape index (κ2) is 9.24. The standard InChI is InChI=1S/C26H35FN4O4/c1-17(32)18-5-6-21(20(27)15-18)29-11-13-30(14-12-29)22(33)16-31-23(34)26(28-24(31)35)9-7-19(8-10-26)25(2,3)4/h5-6,15,19H,7-14,16H2,1-4H3,(H,28,35). The summed E-state index contributed by atoms with van der Waals surface area (Å²) >= 11 is 0. The van der Waals surface area contributed by atoms with E-state index in [-0.39, 0.29) is 29.6 Å². The average Bonchev–Trinajstić information content (AvgIpc) is 3.02. The Labute approximate surface area is 205 Å². The third kappa shape index (κ3) is 4.90. The fourth-order valence-corrected chi connectivity index (χ4v) is 5.55. The summed E-state index contributed by atoms with van der Waals surface area (Å²) in [5.74, 6) is -0.762. The SMILES string of the molecule is CC(=O)c1ccc(N2CCN(C(=O)CN3C(=O)NC4(CCC(C(C)(C)C)CC4)C3=O)CC2)c(F)c1. The molecule has 3 aliphatic rings. The Balaban J connectivity index is 1.33. The third-order valence-corrected chi connectivity index (χ3v) is 7.93. The first-order valence-electron chi connectivity index (χ1n) is 12.4. The molecule has 1 aromatic carbocycles. The normalized spacial score (nSPS) is 25.3. The number of anilines is 1. The number of ketones is 1. The number of hydrogen-bond donors (Lipinski definition) is 1. The van der Waals surface area contributed by atoms with E-state index in [4.69, 9.17) is 0 Å². The predicted molar refractivity (Wildman–Crippen MR) is 130 cm³/mol. The van der Waals surface area contributed by atoms with Crippen molar-refractivity contribution in [3.63, 3.8) is 0 Å². The number of carbonyl (C=O) groups is 4. The van der Waals surface area contributed by atoms with Gasteiger partial charge in [0.05, 0.1) is 5.69 Å². The zero-order chi connectivity index (χ0) is 25.5. The van der Waals surface area contributed by atoms with E-state index in [2.05, 4.69) is 26.1 Å². The van der Waals surface area contributed by atoms with Crippen LogP contribution in [0.5, 0.6) is 0 Å². The van der Waals surface area contributed by atoms with Crippen LogP contribution in [0, 0.1) is 17.2 Å². The second-order valence-corrected chi connectivity index (χ2v) is 11.1. The topological polar surface area (TPSA) is 90.0 Å². The molecule has 9 heteroatoms. The Kier molecular flexibility index (Phi) is 6.64. The van der Waals surface area contributed by atoms with Gasteiger partial charge in [0.15, 0.2) is 5.78 Å². The fourth-order valence-electron chi connectivity index (χ4n) is 5.55. The summed E-state index contributed by atoms with van der Waals surface area (Å²) in [5.41, 5.74) is -0.0209. The largest absolute Gasteiger partial charge is 0.366 e. The number of hydrogen-bond acceptors (Lipinski definition) is 5. The van der Waals surface area contributed by atoms with E-state index in [0.29, 0.717) is 56.2 Å². The highest BCUT2D eigenvalue weighted by Crippen LogP contribution is 2.43. The van der Waals surface area contributed by atoms with Gasteiger partial charge in [-0.1, -0.05) is 20.8 Å². The first-order chi connectivity index (χ1) is 16.4. The zero-order valence-corrected chi connectivity index (χ0v) is 21.0. The molecule has 2 heterocycles. The summed E-state index contributed by atoms with van der Waals surface area (Å²) in [4.78, 5) is 54.8. The molecule has 4 amide bonds. The summed E-state index contributed by atoms with van der Waals surface area (Å²) in [6.45, 7) is 9.25. The Bertz CT molecular complexity index is 1030. The number of rotatable bonds is 4. The van der Waals surface area contributed by atoms with Crippen molar-refractivity contribution in [3.8, 4) is 0 Å². The van der Waals surface area contributed by atoms with Crippen molar-refractivity contribution in [3.05, 3.63) is 29.6 Å². The van der Waals surface area contributed by atoms with Crippen LogP contribution in [0.2, 0.25) is 0 Å². The minimum Gasteiger partial charge on any atom is -0.366 e. The van der Waals surface area contributed by atoms with Crippen LogP contribution in [0.1, 0.15) is 63.7 Å². The first-order valence-corrected chi connectivity index (χ1v) is 12.4. The number of Topliss-reactive ketones (excluding diaryl/α,β-unsaturated/α-hetero) is 1. The van der Waals surface area contributed by atoms with E-state index in [0.717, 1.165) is 17.7 Å². The summed E-state index contributed by atoms with van der Waals surface area (Å²) in [6.07, 6.45) is 2.92. The predicted octanol–water partition coefficient (Wildman–Crippen LogP) is 3.20. The van der Waals surface area contributed by atoms with Crippen molar-refractivity contribution in [2.24, 2.45) is 11.3 Å². The van der Waals surface area contributed by atoms with E-state index < -0.39 is 17.4 Å². The highest BCUT2D eigenvalue weighted by Gasteiger charge is 2.53. The smallest absolute Gasteiger partial charge is 0.325 e. The average molecular weight is 487 g/mol. The molecule has 2 aliphatic heterocycles. The minimum absolute atomic E-state index is 0.156. The fraction of sp³-hybridized carbons (Fsp3) is 0.615. The monoisotopic (exact) mass is 486 g/mol. The molecule has 1 spiro atoms. The molecule has 1 aliphatic carbocycles. The molecule has 8 nitrogen and oxygen atoms in total. The number of amides is 4. The molecule has 1 saturated carbocycles. The van der Waals surface area contributed by atoms with Gasteiger partial charge in [-0.25, -0.2) is 9.18 Å². The third-order valence-electron chi connectivity index (χ3n) is 7.93. The quantitative estimate of drug-likeness (QED) is 0.522. The van der Waals surface area contributed by atoms with Gasteiger partial charge in [-0.15, -0.1) is 0 Å². The molecule has 0 radical (unpaired) electrons. The lowest BCUT2D eigenvalue weighted by Crippen LogP contribution is -2.53. The molecule has 0 atom stereocenters. The number of urea groups is 1. The van der Waals surface area contributed by atoms with Gasteiger partial charge in [-0.2, -0.15) is 0 Å². The molecule has 3 fully saturated rings. The van der Waals surface area contributed by atoms with Gasteiger partial charge in [0.1, 0.15) is 17.9 Å². The van der Waals surface area contributed by atoms with Gasteiger partial charge in [0, 0.05) is 31.7 Å². The zero-order valence-electron chi connectivity index (χ0n) is 21.0. The maximum Gasteiger partial charge on any atom is 0.325 e. The number of nitrogens with zero attached hydrogens (tertiary/aromatic N) is 3. The summed E-state index contributed by atoms with van der Waals surface area (Å²) in [5, 5.41) is 2.89. The highest BCUT2D eigenvalue weighted by atomic mass is 19.1. The van der Waals surface area contributed by atoms with Crippen LogP contribution in [0.25, 0.3) is 0 Å². The molecule has 0 unspecified atom stereocenters. The van der Waals surface area contributed by atoms with Crippen LogP contribution in [0.15, 0.2) is 18.2 Å². The molecular formula is C26H35FN4O4. The van der Waals surface area contributed by atoms with E-state index in [1.54, 1.807) is 17.0 Å². The molecule has 35 heavy (non-hydrogen) atoms. The molecule has 2 saturated heterocycles. The van der Waals surface area contributed by atoms with Gasteiger partial charge >= 0.3 is 6.03 Å². The van der Waals surface area contributed by atoms with E-state index in [1.165, 1.54) is 13.0 Å². The van der Waals surface area contributed by atoms with Crippen molar-refractivity contribution < 1.29 is 23.6 Å². The summed E-state index contributed by atoms with van der Waals surface area (Å²) in [6, 6.07) is 3.92. The molecule has 0 aromatic heterocycles. The van der Waals surface area contributed by atoms with Crippen LogP contribution in [-0.4, -0.2) is 71.7 Å². The van der Waals surface area contributed by atoms with Gasteiger partial charge in [-0.3, -0.25) is 19.3 Å². The maximum absolute atomic E-state index is 14.5. The van der Waals surface area contributed by atoms with Crippen LogP contribution < -0.4 is 10.2 Å². The Morgan fingerprint density at radius 2 is 1.71 bits per heavy atom. The second-order valence-electron chi connectivity index (χ2n) is 11.1. The molecule has 0 bridgehead atoms. The Morgan fingerprint density at radius 1 is 1.09 bits per heavy atom. The van der Waals surface area contributed by atoms with Gasteiger partial charge < -0.3 is 15.1 Å². The molecule has 4 rings (SSSR count). The number of carbonyl (C=O) groups excluding carboxylic acids is 4. The van der Waals surface area contributed by atoms with Gasteiger partial charge in [0.2, 0.25) is 5.91 Å². The van der Waals surface area contributed by atoms with Crippen LogP contribution >= 0.6 is 0 Å². The lowest BCUT2D eigenvalue weighted by Gasteiger charge is -2.40. The summed E-state index contributed by atoms with van der Waals surface area (Å²) < 4.78 is 14.5. The Morgan fingerprint density at radius 3 is 2.26 bits per heavy atom. The molecule has 1 aromatic rings. The van der Waals surface area contributed by atoms with Crippen LogP contribution in [0.4, 0.5) is 14.9 Å². The number of benzene rings is 1. The van der Waals surface area contributed by atoms with E-state index in [9.17, 15) is 23.6 Å². The van der Waals surface area contributed by atoms with E-state index in [1.807, 2.05) is 4.90 Å². The van der Waals surface area contributed by atoms with E-state index >= 15 is 0 Å². The Hall–Kier alpha value is -2.97. The van der Waals surface area contributed by atoms with Crippen molar-refractivity contribution in [2.45, 2.75) is 58.9 Å². The van der Waals surface area contributed by atoms with Gasteiger partial charge in [0.25, 0.3) is 5.91 Å². The molecule has 190 valence electrons. The van der Waals surface area contributed by atoms with Gasteiger partial charge in [-0.05, 0) is 62.1 Å². The number of piperazine rings is 1. The molecular weight excluding hydrogens is 451 g/mol. The first kappa shape index (κ1) is 25.1.